The number of anilines is 1. The van der Waals surface area contributed by atoms with E-state index in [1.54, 1.807) is 38.3 Å². The standard InChI is InChI=1S/C26H25N3O6/c1-14-11-18(29(33)34)7-10-20(14)27-22(30)13-21(15-5-8-19(35-2)9-6-15)28-25(31)23-16-3-4-17(12-16)24(23)26(28)32/h3-11,16-17,21,23-24H,12-13H2,1-2H3,(H,27,30). The highest BCUT2D eigenvalue weighted by atomic mass is 16.6. The van der Waals surface area contributed by atoms with E-state index in [0.717, 1.165) is 6.42 Å². The molecule has 3 amide bonds. The summed E-state index contributed by atoms with van der Waals surface area (Å²) in [6.07, 6.45) is 4.76. The Labute approximate surface area is 201 Å². The number of non-ortho nitro benzene ring substituents is 1. The molecule has 9 nitrogen and oxygen atoms in total. The molecule has 35 heavy (non-hydrogen) atoms. The fraction of sp³-hybridized carbons (Fsp3) is 0.346. The molecule has 5 unspecified atom stereocenters. The van der Waals surface area contributed by atoms with Gasteiger partial charge in [0.15, 0.2) is 0 Å². The van der Waals surface area contributed by atoms with Crippen LogP contribution in [0.5, 0.6) is 5.75 Å². The third-order valence-electron chi connectivity index (χ3n) is 7.39. The Morgan fingerprint density at radius 1 is 1.11 bits per heavy atom. The van der Waals surface area contributed by atoms with Crippen molar-refractivity contribution in [2.24, 2.45) is 23.7 Å². The van der Waals surface area contributed by atoms with E-state index in [1.165, 1.54) is 23.1 Å². The largest absolute Gasteiger partial charge is 0.497 e. The number of ether oxygens (including phenoxy) is 1. The van der Waals surface area contributed by atoms with E-state index in [4.69, 9.17) is 4.74 Å². The number of methoxy groups -OCH3 is 1. The van der Waals surface area contributed by atoms with Gasteiger partial charge in [-0.1, -0.05) is 24.3 Å². The van der Waals surface area contributed by atoms with Crippen LogP contribution in [0.3, 0.4) is 0 Å². The van der Waals surface area contributed by atoms with Gasteiger partial charge in [-0.15, -0.1) is 0 Å². The van der Waals surface area contributed by atoms with Crippen molar-refractivity contribution >= 4 is 29.1 Å². The quantitative estimate of drug-likeness (QED) is 0.282. The Morgan fingerprint density at radius 2 is 1.74 bits per heavy atom. The number of nitrogens with one attached hydrogen (secondary N) is 1. The lowest BCUT2D eigenvalue weighted by molar-refractivity contribution is -0.384. The maximum atomic E-state index is 13.5. The van der Waals surface area contributed by atoms with Crippen LogP contribution in [0, 0.1) is 40.7 Å². The molecule has 9 heteroatoms. The molecule has 0 radical (unpaired) electrons. The van der Waals surface area contributed by atoms with Gasteiger partial charge in [-0.05, 0) is 54.5 Å². The highest BCUT2D eigenvalue weighted by Crippen LogP contribution is 2.54. The van der Waals surface area contributed by atoms with Gasteiger partial charge in [0, 0.05) is 17.8 Å². The molecule has 180 valence electrons. The van der Waals surface area contributed by atoms with Gasteiger partial charge in [0.1, 0.15) is 5.75 Å². The molecule has 0 aromatic heterocycles. The number of hydrogen-bond acceptors (Lipinski definition) is 6. The maximum absolute atomic E-state index is 13.5. The van der Waals surface area contributed by atoms with Gasteiger partial charge in [-0.2, -0.15) is 0 Å². The molecule has 3 aliphatic rings. The molecule has 5 rings (SSSR count). The minimum Gasteiger partial charge on any atom is -0.497 e. The minimum atomic E-state index is -0.774. The number of carbonyl (C=O) groups excluding carboxylic acids is 3. The Balaban J connectivity index is 1.42. The molecular formula is C26H25N3O6. The van der Waals surface area contributed by atoms with Crippen LogP contribution in [0.25, 0.3) is 0 Å². The van der Waals surface area contributed by atoms with Crippen LogP contribution in [0.4, 0.5) is 11.4 Å². The van der Waals surface area contributed by atoms with Gasteiger partial charge in [0.05, 0.1) is 36.3 Å². The number of fused-ring (bicyclic) bond motifs is 5. The summed E-state index contributed by atoms with van der Waals surface area (Å²) >= 11 is 0. The summed E-state index contributed by atoms with van der Waals surface area (Å²) in [6.45, 7) is 1.67. The van der Waals surface area contributed by atoms with Crippen molar-refractivity contribution in [3.8, 4) is 5.75 Å². The Hall–Kier alpha value is -4.01. The van der Waals surface area contributed by atoms with E-state index < -0.39 is 16.9 Å². The molecule has 1 saturated carbocycles. The van der Waals surface area contributed by atoms with Crippen molar-refractivity contribution in [3.63, 3.8) is 0 Å². The molecule has 5 atom stereocenters. The second-order valence-electron chi connectivity index (χ2n) is 9.34. The fourth-order valence-corrected chi connectivity index (χ4v) is 5.70. The van der Waals surface area contributed by atoms with E-state index in [2.05, 4.69) is 5.32 Å². The monoisotopic (exact) mass is 475 g/mol. The number of aryl methyl sites for hydroxylation is 1. The lowest BCUT2D eigenvalue weighted by Crippen LogP contribution is -2.38. The highest BCUT2D eigenvalue weighted by molar-refractivity contribution is 6.07. The maximum Gasteiger partial charge on any atom is 0.269 e. The van der Waals surface area contributed by atoms with Crippen molar-refractivity contribution in [1.29, 1.82) is 0 Å². The van der Waals surface area contributed by atoms with Crippen LogP contribution in [-0.2, 0) is 14.4 Å². The van der Waals surface area contributed by atoms with E-state index in [0.29, 0.717) is 22.6 Å². The number of nitrogens with zero attached hydrogens (tertiary/aromatic N) is 2. The predicted octanol–water partition coefficient (Wildman–Crippen LogP) is 3.79. The molecule has 0 spiro atoms. The fourth-order valence-electron chi connectivity index (χ4n) is 5.70. The molecule has 1 saturated heterocycles. The van der Waals surface area contributed by atoms with Crippen molar-refractivity contribution in [1.82, 2.24) is 4.90 Å². The number of allylic oxidation sites excluding steroid dienone is 2. The molecule has 2 aromatic carbocycles. The molecule has 2 aromatic rings. The zero-order valence-corrected chi connectivity index (χ0v) is 19.3. The van der Waals surface area contributed by atoms with Crippen LogP contribution >= 0.6 is 0 Å². The summed E-state index contributed by atoms with van der Waals surface area (Å²) in [5.74, 6) is -0.817. The van der Waals surface area contributed by atoms with Crippen LogP contribution in [-0.4, -0.2) is 34.7 Å². The van der Waals surface area contributed by atoms with Gasteiger partial charge in [-0.3, -0.25) is 29.4 Å². The molecule has 2 fully saturated rings. The smallest absolute Gasteiger partial charge is 0.269 e. The van der Waals surface area contributed by atoms with Gasteiger partial charge >= 0.3 is 0 Å². The van der Waals surface area contributed by atoms with Crippen molar-refractivity contribution in [3.05, 3.63) is 75.9 Å². The molecule has 2 bridgehead atoms. The van der Waals surface area contributed by atoms with E-state index in [9.17, 15) is 24.5 Å². The highest BCUT2D eigenvalue weighted by Gasteiger charge is 2.60. The topological polar surface area (TPSA) is 119 Å². The van der Waals surface area contributed by atoms with Gasteiger partial charge in [0.2, 0.25) is 17.7 Å². The van der Waals surface area contributed by atoms with E-state index in [-0.39, 0.29) is 47.6 Å². The molecular weight excluding hydrogens is 450 g/mol. The zero-order valence-electron chi connectivity index (χ0n) is 19.3. The lowest BCUT2D eigenvalue weighted by atomic mass is 9.85. The number of rotatable bonds is 7. The van der Waals surface area contributed by atoms with Gasteiger partial charge in [0.25, 0.3) is 5.69 Å². The first-order valence-electron chi connectivity index (χ1n) is 11.5. The second-order valence-corrected chi connectivity index (χ2v) is 9.34. The van der Waals surface area contributed by atoms with Crippen LogP contribution in [0.1, 0.15) is 30.0 Å². The minimum absolute atomic E-state index is 0.0690. The SMILES string of the molecule is COc1ccc(C(CC(=O)Nc2ccc([N+](=O)[O-])cc2C)N2C(=O)C3C4C=CC(C4)C3C2=O)cc1. The van der Waals surface area contributed by atoms with Crippen molar-refractivity contribution in [2.45, 2.75) is 25.8 Å². The number of benzene rings is 2. The number of imide groups is 1. The average molecular weight is 476 g/mol. The summed E-state index contributed by atoms with van der Waals surface area (Å²) in [4.78, 5) is 51.9. The summed E-state index contributed by atoms with van der Waals surface area (Å²) in [7, 11) is 1.55. The van der Waals surface area contributed by atoms with Gasteiger partial charge < -0.3 is 10.1 Å². The second kappa shape index (κ2) is 8.65. The Kier molecular flexibility index (Phi) is 5.62. The number of likely N-dealkylation sites (tertiary alicyclic amines) is 1. The Morgan fingerprint density at radius 3 is 2.29 bits per heavy atom. The summed E-state index contributed by atoms with van der Waals surface area (Å²) < 4.78 is 5.23. The number of amides is 3. The normalized spacial score (nSPS) is 25.0. The third-order valence-corrected chi connectivity index (χ3v) is 7.39. The number of nitro groups is 1. The van der Waals surface area contributed by atoms with Crippen LogP contribution in [0.2, 0.25) is 0 Å². The average Bonchev–Trinajstić information content (AvgIpc) is 3.53. The van der Waals surface area contributed by atoms with Crippen molar-refractivity contribution < 1.29 is 24.0 Å². The van der Waals surface area contributed by atoms with E-state index >= 15 is 0 Å². The first-order chi connectivity index (χ1) is 16.8. The summed E-state index contributed by atoms with van der Waals surface area (Å²) in [5.41, 5.74) is 1.56. The zero-order chi connectivity index (χ0) is 24.9. The van der Waals surface area contributed by atoms with E-state index in [1.807, 2.05) is 12.2 Å². The molecule has 1 N–H and O–H groups in total. The molecule has 1 aliphatic heterocycles. The summed E-state index contributed by atoms with van der Waals surface area (Å²) in [6, 6.07) is 10.4. The molecule has 1 heterocycles. The Bertz CT molecular complexity index is 1220. The summed E-state index contributed by atoms with van der Waals surface area (Å²) in [5, 5.41) is 13.8. The first kappa shape index (κ1) is 22.8. The predicted molar refractivity (Wildman–Crippen MR) is 126 cm³/mol. The number of nitro benzene ring substituents is 1. The lowest BCUT2D eigenvalue weighted by Gasteiger charge is -2.28. The third kappa shape index (κ3) is 3.86. The van der Waals surface area contributed by atoms with Crippen LogP contribution < -0.4 is 10.1 Å². The number of carbonyl (C=O) groups is 3. The van der Waals surface area contributed by atoms with Crippen LogP contribution in [0.15, 0.2) is 54.6 Å². The van der Waals surface area contributed by atoms with Crippen molar-refractivity contribution in [2.75, 3.05) is 12.4 Å². The van der Waals surface area contributed by atoms with Gasteiger partial charge in [-0.25, -0.2) is 0 Å². The number of hydrogen-bond donors (Lipinski definition) is 1. The molecule has 2 aliphatic carbocycles. The first-order valence-corrected chi connectivity index (χ1v) is 11.5.